The van der Waals surface area contributed by atoms with Crippen LogP contribution in [0.3, 0.4) is 0 Å². The number of carbonyl (C=O) groups is 1. The van der Waals surface area contributed by atoms with Crippen molar-refractivity contribution in [3.05, 3.63) is 54.1 Å². The van der Waals surface area contributed by atoms with Crippen LogP contribution in [0.25, 0.3) is 0 Å². The molecule has 162 valence electrons. The van der Waals surface area contributed by atoms with Crippen LogP contribution in [0.15, 0.2) is 42.5 Å². The molecule has 0 bridgehead atoms. The monoisotopic (exact) mass is 439 g/mol. The van der Waals surface area contributed by atoms with Crippen LogP contribution in [0, 0.1) is 11.6 Å². The van der Waals surface area contributed by atoms with Crippen LogP contribution >= 0.6 is 0 Å². The molecule has 30 heavy (non-hydrogen) atoms. The molecule has 2 aromatic rings. The lowest BCUT2D eigenvalue weighted by Gasteiger charge is -2.29. The van der Waals surface area contributed by atoms with Crippen molar-refractivity contribution < 1.29 is 26.7 Å². The molecule has 1 aliphatic rings. The SMILES string of the molecule is CC(C(=O)Nc1ccc(N2CCOCC2)cc1)N(c1ccc(F)c(F)c1)S(C)(=O)=O. The molecule has 2 aromatic carbocycles. The first-order chi connectivity index (χ1) is 14.2. The number of carbonyl (C=O) groups excluding carboxylic acids is 1. The van der Waals surface area contributed by atoms with E-state index in [0.717, 1.165) is 47.5 Å². The van der Waals surface area contributed by atoms with Crippen molar-refractivity contribution in [3.8, 4) is 0 Å². The Kier molecular flexibility index (Phi) is 6.57. The predicted molar refractivity (Wildman–Crippen MR) is 111 cm³/mol. The van der Waals surface area contributed by atoms with E-state index in [4.69, 9.17) is 4.74 Å². The quantitative estimate of drug-likeness (QED) is 0.749. The number of hydrogen-bond donors (Lipinski definition) is 1. The normalized spacial score (nSPS) is 15.5. The van der Waals surface area contributed by atoms with Crippen molar-refractivity contribution in [2.45, 2.75) is 13.0 Å². The highest BCUT2D eigenvalue weighted by Crippen LogP contribution is 2.24. The second kappa shape index (κ2) is 8.97. The molecule has 0 radical (unpaired) electrons. The molecule has 1 unspecified atom stereocenters. The van der Waals surface area contributed by atoms with Crippen molar-refractivity contribution in [2.75, 3.05) is 47.1 Å². The van der Waals surface area contributed by atoms with Crippen LogP contribution in [0.1, 0.15) is 6.92 Å². The number of amides is 1. The minimum absolute atomic E-state index is 0.137. The number of halogens is 2. The van der Waals surface area contributed by atoms with E-state index >= 15 is 0 Å². The summed E-state index contributed by atoms with van der Waals surface area (Å²) in [4.78, 5) is 14.9. The highest BCUT2D eigenvalue weighted by atomic mass is 32.2. The molecule has 1 atom stereocenters. The number of benzene rings is 2. The van der Waals surface area contributed by atoms with Gasteiger partial charge in [-0.05, 0) is 43.3 Å². The molecule has 1 N–H and O–H groups in total. The van der Waals surface area contributed by atoms with Gasteiger partial charge in [-0.2, -0.15) is 0 Å². The second-order valence-electron chi connectivity index (χ2n) is 6.97. The van der Waals surface area contributed by atoms with Gasteiger partial charge >= 0.3 is 0 Å². The maximum absolute atomic E-state index is 13.6. The largest absolute Gasteiger partial charge is 0.378 e. The van der Waals surface area contributed by atoms with Gasteiger partial charge in [0.05, 0.1) is 25.2 Å². The second-order valence-corrected chi connectivity index (χ2v) is 8.83. The summed E-state index contributed by atoms with van der Waals surface area (Å²) in [6, 6.07) is 8.64. The number of anilines is 3. The Balaban J connectivity index is 1.76. The third-order valence-electron chi connectivity index (χ3n) is 4.76. The Morgan fingerprint density at radius 1 is 1.10 bits per heavy atom. The van der Waals surface area contributed by atoms with E-state index in [-0.39, 0.29) is 5.69 Å². The number of nitrogens with zero attached hydrogens (tertiary/aromatic N) is 2. The Morgan fingerprint density at radius 2 is 1.73 bits per heavy atom. The first-order valence-corrected chi connectivity index (χ1v) is 11.2. The molecule has 1 fully saturated rings. The predicted octanol–water partition coefficient (Wildman–Crippen LogP) is 2.59. The van der Waals surface area contributed by atoms with Gasteiger partial charge < -0.3 is 15.0 Å². The van der Waals surface area contributed by atoms with E-state index in [0.29, 0.717) is 18.9 Å². The lowest BCUT2D eigenvalue weighted by atomic mass is 10.2. The summed E-state index contributed by atoms with van der Waals surface area (Å²) < 4.78 is 57.5. The highest BCUT2D eigenvalue weighted by Gasteiger charge is 2.30. The van der Waals surface area contributed by atoms with Gasteiger partial charge in [0.1, 0.15) is 6.04 Å². The molecule has 1 heterocycles. The summed E-state index contributed by atoms with van der Waals surface area (Å²) in [5, 5.41) is 2.66. The van der Waals surface area contributed by atoms with Crippen molar-refractivity contribution in [1.29, 1.82) is 0 Å². The van der Waals surface area contributed by atoms with Gasteiger partial charge in [0.2, 0.25) is 15.9 Å². The van der Waals surface area contributed by atoms with Gasteiger partial charge in [-0.15, -0.1) is 0 Å². The molecule has 0 aromatic heterocycles. The van der Waals surface area contributed by atoms with Gasteiger partial charge in [0.15, 0.2) is 11.6 Å². The molecule has 7 nitrogen and oxygen atoms in total. The molecular formula is C20H23F2N3O4S. The molecule has 1 amide bonds. The van der Waals surface area contributed by atoms with E-state index in [1.165, 1.54) is 6.92 Å². The molecule has 1 aliphatic heterocycles. The molecule has 0 aliphatic carbocycles. The summed E-state index contributed by atoms with van der Waals surface area (Å²) in [5.74, 6) is -2.92. The van der Waals surface area contributed by atoms with Gasteiger partial charge in [-0.3, -0.25) is 9.10 Å². The fourth-order valence-electron chi connectivity index (χ4n) is 3.25. The number of sulfonamides is 1. The van der Waals surface area contributed by atoms with E-state index in [2.05, 4.69) is 10.2 Å². The Bertz CT molecular complexity index is 1010. The van der Waals surface area contributed by atoms with Crippen LogP contribution < -0.4 is 14.5 Å². The van der Waals surface area contributed by atoms with Gasteiger partial charge in [-0.25, -0.2) is 17.2 Å². The average molecular weight is 439 g/mol. The Labute approximate surface area is 174 Å². The van der Waals surface area contributed by atoms with Gasteiger partial charge in [0, 0.05) is 30.5 Å². The molecule has 3 rings (SSSR count). The zero-order chi connectivity index (χ0) is 21.9. The van der Waals surface area contributed by atoms with Crippen molar-refractivity contribution in [2.24, 2.45) is 0 Å². The number of nitrogens with one attached hydrogen (secondary N) is 1. The summed E-state index contributed by atoms with van der Waals surface area (Å²) in [6.07, 6.45) is 0.898. The standard InChI is InChI=1S/C20H23F2N3O4S/c1-14(25(30(2,27)28)17-7-8-18(21)19(22)13-17)20(26)23-15-3-5-16(6-4-15)24-9-11-29-12-10-24/h3-8,13-14H,9-12H2,1-2H3,(H,23,26). The summed E-state index contributed by atoms with van der Waals surface area (Å²) >= 11 is 0. The fraction of sp³-hybridized carbons (Fsp3) is 0.350. The molecule has 0 saturated carbocycles. The number of rotatable bonds is 6. The van der Waals surface area contributed by atoms with Crippen molar-refractivity contribution >= 4 is 33.0 Å². The average Bonchev–Trinajstić information content (AvgIpc) is 2.71. The minimum Gasteiger partial charge on any atom is -0.378 e. The fourth-order valence-corrected chi connectivity index (χ4v) is 4.42. The summed E-state index contributed by atoms with van der Waals surface area (Å²) in [6.45, 7) is 4.24. The summed E-state index contributed by atoms with van der Waals surface area (Å²) in [5.41, 5.74) is 1.34. The van der Waals surface area contributed by atoms with Crippen LogP contribution in [0.2, 0.25) is 0 Å². The topological polar surface area (TPSA) is 79.0 Å². The molecule has 0 spiro atoms. The highest BCUT2D eigenvalue weighted by molar-refractivity contribution is 7.92. The van der Waals surface area contributed by atoms with Crippen LogP contribution in [0.5, 0.6) is 0 Å². The van der Waals surface area contributed by atoms with Gasteiger partial charge in [-0.1, -0.05) is 0 Å². The number of ether oxygens (including phenoxy) is 1. The zero-order valence-electron chi connectivity index (χ0n) is 16.6. The smallest absolute Gasteiger partial charge is 0.247 e. The molecular weight excluding hydrogens is 416 g/mol. The Morgan fingerprint density at radius 3 is 2.30 bits per heavy atom. The number of hydrogen-bond acceptors (Lipinski definition) is 5. The first kappa shape index (κ1) is 22.0. The zero-order valence-corrected chi connectivity index (χ0v) is 17.5. The molecule has 10 heteroatoms. The van der Waals surface area contributed by atoms with E-state index in [9.17, 15) is 22.0 Å². The lowest BCUT2D eigenvalue weighted by molar-refractivity contribution is -0.116. The Hall–Kier alpha value is -2.72. The maximum Gasteiger partial charge on any atom is 0.247 e. The lowest BCUT2D eigenvalue weighted by Crippen LogP contribution is -2.45. The third-order valence-corrected chi connectivity index (χ3v) is 6.00. The maximum atomic E-state index is 13.6. The van der Waals surface area contributed by atoms with Gasteiger partial charge in [0.25, 0.3) is 0 Å². The van der Waals surface area contributed by atoms with Crippen LogP contribution in [0.4, 0.5) is 25.8 Å². The van der Waals surface area contributed by atoms with Crippen LogP contribution in [-0.4, -0.2) is 52.9 Å². The van der Waals surface area contributed by atoms with E-state index in [1.54, 1.807) is 12.1 Å². The third kappa shape index (κ3) is 5.06. The van der Waals surface area contributed by atoms with E-state index < -0.39 is 33.6 Å². The minimum atomic E-state index is -3.94. The van der Waals surface area contributed by atoms with Crippen molar-refractivity contribution in [3.63, 3.8) is 0 Å². The number of morpholine rings is 1. The van der Waals surface area contributed by atoms with Crippen LogP contribution in [-0.2, 0) is 19.6 Å². The summed E-state index contributed by atoms with van der Waals surface area (Å²) in [7, 11) is -3.94. The van der Waals surface area contributed by atoms with Crippen molar-refractivity contribution in [1.82, 2.24) is 0 Å². The first-order valence-electron chi connectivity index (χ1n) is 9.35. The molecule has 1 saturated heterocycles. The van der Waals surface area contributed by atoms with E-state index in [1.807, 2.05) is 12.1 Å².